The van der Waals surface area contributed by atoms with E-state index in [4.69, 9.17) is 31.9 Å². The summed E-state index contributed by atoms with van der Waals surface area (Å²) in [6.07, 6.45) is 24.6. The van der Waals surface area contributed by atoms with Gasteiger partial charge in [-0.1, -0.05) is 91.8 Å². The Morgan fingerprint density at radius 1 is 0.705 bits per heavy atom. The molecular formula is C43H76I2N8O8. The van der Waals surface area contributed by atoms with Crippen LogP contribution in [0.1, 0.15) is 136 Å². The van der Waals surface area contributed by atoms with Crippen LogP contribution in [0.25, 0.3) is 0 Å². The van der Waals surface area contributed by atoms with Crippen LogP contribution in [0.15, 0.2) is 20.0 Å². The number of isocyanates is 4. The van der Waals surface area contributed by atoms with Gasteiger partial charge in [0.25, 0.3) is 25.0 Å². The maximum Gasteiger partial charge on any atom is 0.286 e. The van der Waals surface area contributed by atoms with E-state index in [-0.39, 0.29) is 51.1 Å². The van der Waals surface area contributed by atoms with E-state index in [0.29, 0.717) is 81.2 Å². The van der Waals surface area contributed by atoms with Crippen LogP contribution in [0.5, 0.6) is 0 Å². The van der Waals surface area contributed by atoms with Gasteiger partial charge < -0.3 is 18.9 Å². The first kappa shape index (κ1) is 68.9. The molecule has 1 aliphatic carbocycles. The SMILES string of the molecule is C.C.CC(CCN=C=O)CC(C)(C)COC#N.CC(COC#N)CC(C)(C)CCN=C=O.I.N#COCC1CCCC(CN=C=O)C1.N#COCCCCCCN=C=O.[2H]CI.[HH]. The summed E-state index contributed by atoms with van der Waals surface area (Å²) < 4.78 is 24.8. The van der Waals surface area contributed by atoms with Crippen LogP contribution >= 0.6 is 46.6 Å². The van der Waals surface area contributed by atoms with Gasteiger partial charge in [0, 0.05) is 8.21 Å². The summed E-state index contributed by atoms with van der Waals surface area (Å²) in [6, 6.07) is 0. The van der Waals surface area contributed by atoms with Crippen LogP contribution in [-0.4, -0.2) is 81.8 Å². The van der Waals surface area contributed by atoms with Crippen LogP contribution < -0.4 is 0 Å². The Hall–Kier alpha value is -3.86. The molecule has 4 atom stereocenters. The summed E-state index contributed by atoms with van der Waals surface area (Å²) in [5.74, 6) is 1.71. The average molecular weight is 1090 g/mol. The highest BCUT2D eigenvalue weighted by molar-refractivity contribution is 14.1. The largest absolute Gasteiger partial charge is 0.428 e. The highest BCUT2D eigenvalue weighted by atomic mass is 127. The van der Waals surface area contributed by atoms with Gasteiger partial charge in [-0.15, -0.1) is 24.0 Å². The first-order valence-corrected chi connectivity index (χ1v) is 20.8. The molecule has 1 aliphatic rings. The molecule has 1 fully saturated rings. The Bertz CT molecular complexity index is 1420. The zero-order chi connectivity index (χ0) is 45.5. The number of ether oxygens (including phenoxy) is 4. The van der Waals surface area contributed by atoms with Crippen molar-refractivity contribution >= 4 is 70.9 Å². The summed E-state index contributed by atoms with van der Waals surface area (Å²) in [7, 11) is 0. The number of halogens is 2. The van der Waals surface area contributed by atoms with E-state index in [1.165, 1.54) is 18.2 Å². The minimum absolute atomic E-state index is 0. The van der Waals surface area contributed by atoms with Crippen molar-refractivity contribution in [2.75, 3.05) is 57.5 Å². The molecule has 0 radical (unpaired) electrons. The predicted octanol–water partition coefficient (Wildman–Crippen LogP) is 10.7. The molecule has 0 heterocycles. The standard InChI is InChI=1S/2C11H18N2O2.C10H14N2O2.C8H12N2O2.CH3I.2CH4.HI.H2/c1-10(7-15-8-12)6-11(2,3)4-5-13-9-14;1-10(4-5-13-9-14)6-11(2,3)7-15-8-12;11-7-14-6-10-3-1-2-9(4-10)5-12-8-13;9-7-12-6-4-2-1-3-5-10-8-11;1-2;;;;/h2*10H,4-7H2,1-3H3;9-10H,1-6H2;1-6H2;1H3;2*1H4;2*1H/i;;;;1D;;;;. The Balaban J connectivity index is -0.000000102. The first-order chi connectivity index (χ1) is 28.2. The smallest absolute Gasteiger partial charge is 0.286 e. The lowest BCUT2D eigenvalue weighted by Crippen LogP contribution is -2.21. The fourth-order valence-corrected chi connectivity index (χ4v) is 6.20. The van der Waals surface area contributed by atoms with Gasteiger partial charge >= 0.3 is 0 Å². The molecule has 0 spiro atoms. The monoisotopic (exact) mass is 1090 g/mol. The van der Waals surface area contributed by atoms with E-state index in [2.05, 4.69) is 64.1 Å². The van der Waals surface area contributed by atoms with Crippen molar-refractivity contribution < 1.29 is 40.9 Å². The molecule has 4 unspecified atom stereocenters. The zero-order valence-corrected chi connectivity index (χ0v) is 40.3. The molecule has 0 bridgehead atoms. The molecule has 350 valence electrons. The van der Waals surface area contributed by atoms with E-state index >= 15 is 0 Å². The second-order valence-corrected chi connectivity index (χ2v) is 15.3. The number of alkyl halides is 1. The molecule has 1 rings (SSSR count). The van der Waals surface area contributed by atoms with Gasteiger partial charge in [-0.05, 0) is 98.2 Å². The summed E-state index contributed by atoms with van der Waals surface area (Å²) in [4.78, 5) is 53.9. The third kappa shape index (κ3) is 58.3. The van der Waals surface area contributed by atoms with E-state index in [1.807, 2.05) is 29.5 Å². The minimum Gasteiger partial charge on any atom is -0.428 e. The van der Waals surface area contributed by atoms with Crippen molar-refractivity contribution in [3.05, 3.63) is 0 Å². The molecule has 1 saturated carbocycles. The molecule has 0 aromatic carbocycles. The Morgan fingerprint density at radius 2 is 1.21 bits per heavy atom. The molecule has 0 aliphatic heterocycles. The van der Waals surface area contributed by atoms with Crippen LogP contribution in [0.2, 0.25) is 0 Å². The quantitative estimate of drug-likeness (QED) is 0.0207. The molecular weight excluding hydrogens is 1010 g/mol. The maximum absolute atomic E-state index is 9.94. The molecule has 0 saturated heterocycles. The van der Waals surface area contributed by atoms with Gasteiger partial charge in [0.15, 0.2) is 0 Å². The number of hydrogen-bond acceptors (Lipinski definition) is 16. The van der Waals surface area contributed by atoms with Crippen molar-refractivity contribution in [1.82, 2.24) is 0 Å². The number of aliphatic imine (C=N–C) groups is 4. The highest BCUT2D eigenvalue weighted by Crippen LogP contribution is 2.30. The van der Waals surface area contributed by atoms with Crippen LogP contribution in [0, 0.1) is 80.6 Å². The molecule has 0 aromatic rings. The van der Waals surface area contributed by atoms with Crippen molar-refractivity contribution in [3.8, 4) is 25.0 Å². The Labute approximate surface area is 401 Å². The number of carbonyl (C=O) groups excluding carboxylic acids is 4. The van der Waals surface area contributed by atoms with Gasteiger partial charge in [0.1, 0.15) is 26.4 Å². The molecule has 0 N–H and O–H groups in total. The molecule has 61 heavy (non-hydrogen) atoms. The lowest BCUT2D eigenvalue weighted by atomic mass is 9.81. The maximum atomic E-state index is 9.94. The lowest BCUT2D eigenvalue weighted by Gasteiger charge is -2.26. The first-order valence-electron chi connectivity index (χ1n) is 20.0. The van der Waals surface area contributed by atoms with Crippen molar-refractivity contribution in [2.45, 2.75) is 133 Å². The second kappa shape index (κ2) is 54.2. The van der Waals surface area contributed by atoms with E-state index in [9.17, 15) is 19.2 Å². The number of rotatable bonds is 25. The Morgan fingerprint density at radius 3 is 1.77 bits per heavy atom. The molecule has 18 heteroatoms. The number of hydrogen-bond donors (Lipinski definition) is 0. The topological polar surface area (TPSA) is 250 Å². The van der Waals surface area contributed by atoms with Crippen LogP contribution in [0.3, 0.4) is 0 Å². The third-order valence-corrected chi connectivity index (χ3v) is 8.61. The number of nitrogens with zero attached hydrogens (tertiary/aromatic N) is 8. The predicted molar refractivity (Wildman–Crippen MR) is 257 cm³/mol. The lowest BCUT2D eigenvalue weighted by molar-refractivity contribution is 0.124. The summed E-state index contributed by atoms with van der Waals surface area (Å²) >= 11 is 1.96. The second-order valence-electron chi connectivity index (χ2n) is 15.3. The summed E-state index contributed by atoms with van der Waals surface area (Å²) in [5.41, 5.74) is 0.0959. The normalized spacial score (nSPS) is 14.0. The summed E-state index contributed by atoms with van der Waals surface area (Å²) in [5, 5.41) is 32.8. The van der Waals surface area contributed by atoms with Crippen molar-refractivity contribution in [3.63, 3.8) is 0 Å². The van der Waals surface area contributed by atoms with Gasteiger partial charge in [-0.3, -0.25) is 0 Å². The van der Waals surface area contributed by atoms with Gasteiger partial charge in [-0.25, -0.2) is 39.1 Å². The molecule has 0 aromatic heterocycles. The number of unbranched alkanes of at least 4 members (excludes halogenated alkanes) is 3. The third-order valence-electron chi connectivity index (χ3n) is 8.61. The van der Waals surface area contributed by atoms with Gasteiger partial charge in [0.05, 0.1) is 26.2 Å². The fourth-order valence-electron chi connectivity index (χ4n) is 6.20. The molecule has 0 amide bonds. The number of nitriles is 4. The highest BCUT2D eigenvalue weighted by Gasteiger charge is 2.23. The Kier molecular flexibility index (Phi) is 61.1. The minimum atomic E-state index is -0.0138. The van der Waals surface area contributed by atoms with E-state index < -0.39 is 0 Å². The zero-order valence-electron chi connectivity index (χ0n) is 36.8. The van der Waals surface area contributed by atoms with Crippen LogP contribution in [0.4, 0.5) is 0 Å². The molecule has 16 nitrogen and oxygen atoms in total. The summed E-state index contributed by atoms with van der Waals surface area (Å²) in [6.45, 7) is 16.6. The van der Waals surface area contributed by atoms with Gasteiger partial charge in [0.2, 0.25) is 24.3 Å². The van der Waals surface area contributed by atoms with Crippen LogP contribution in [-0.2, 0) is 38.1 Å². The fraction of sp³-hybridized carbons (Fsp3) is 0.814. The average Bonchev–Trinajstić information content (AvgIpc) is 3.20. The van der Waals surface area contributed by atoms with E-state index in [1.54, 1.807) is 31.1 Å². The van der Waals surface area contributed by atoms with Crippen molar-refractivity contribution in [2.24, 2.45) is 54.5 Å². The van der Waals surface area contributed by atoms with Crippen molar-refractivity contribution in [1.29, 1.82) is 21.0 Å². The van der Waals surface area contributed by atoms with Gasteiger partial charge in [-0.2, -0.15) is 21.0 Å². The van der Waals surface area contributed by atoms with E-state index in [0.717, 1.165) is 77.0 Å².